The first kappa shape index (κ1) is 12.4. The van der Waals surface area contributed by atoms with E-state index in [0.29, 0.717) is 22.8 Å². The molecular weight excluding hydrogens is 254 g/mol. The quantitative estimate of drug-likeness (QED) is 0.683. The summed E-state index contributed by atoms with van der Waals surface area (Å²) in [4.78, 5) is 16.5. The maximum atomic E-state index is 12.4. The molecule has 4 nitrogen and oxygen atoms in total. The first-order chi connectivity index (χ1) is 9.70. The summed E-state index contributed by atoms with van der Waals surface area (Å²) in [5, 5.41) is 0.907. The van der Waals surface area contributed by atoms with Crippen molar-refractivity contribution < 1.29 is 13.9 Å². The van der Waals surface area contributed by atoms with Gasteiger partial charge in [-0.05, 0) is 31.2 Å². The third kappa shape index (κ3) is 1.95. The largest absolute Gasteiger partial charge is 0.497 e. The van der Waals surface area contributed by atoms with Gasteiger partial charge in [-0.25, -0.2) is 0 Å². The molecule has 0 aliphatic heterocycles. The number of carbonyl (C=O) groups excluding carboxylic acids is 1. The zero-order valence-corrected chi connectivity index (χ0v) is 11.2. The zero-order chi connectivity index (χ0) is 14.1. The number of pyridine rings is 1. The summed E-state index contributed by atoms with van der Waals surface area (Å²) < 4.78 is 10.8. The Hall–Kier alpha value is -2.62. The molecule has 0 aliphatic carbocycles. The van der Waals surface area contributed by atoms with Crippen LogP contribution in [-0.2, 0) is 0 Å². The molecule has 1 aromatic carbocycles. The van der Waals surface area contributed by atoms with E-state index >= 15 is 0 Å². The van der Waals surface area contributed by atoms with Gasteiger partial charge in [0.15, 0.2) is 5.76 Å². The molecule has 3 rings (SSSR count). The third-order valence-electron chi connectivity index (χ3n) is 3.25. The molecule has 100 valence electrons. The molecule has 0 fully saturated rings. The van der Waals surface area contributed by atoms with Crippen LogP contribution < -0.4 is 4.74 Å². The second-order valence-corrected chi connectivity index (χ2v) is 4.46. The van der Waals surface area contributed by atoms with Crippen LogP contribution in [0.1, 0.15) is 21.8 Å². The van der Waals surface area contributed by atoms with Crippen LogP contribution in [0.4, 0.5) is 0 Å². The van der Waals surface area contributed by atoms with E-state index in [2.05, 4.69) is 4.98 Å². The summed E-state index contributed by atoms with van der Waals surface area (Å²) in [6, 6.07) is 10.7. The highest BCUT2D eigenvalue weighted by atomic mass is 16.5. The Labute approximate surface area is 116 Å². The SMILES string of the molecule is COc1ccc2c(C)c(C(=O)c3ccccn3)oc2c1. The van der Waals surface area contributed by atoms with Crippen molar-refractivity contribution in [2.45, 2.75) is 6.92 Å². The number of ether oxygens (including phenoxy) is 1. The van der Waals surface area contributed by atoms with Crippen molar-refractivity contribution >= 4 is 16.8 Å². The predicted octanol–water partition coefficient (Wildman–Crippen LogP) is 3.38. The molecule has 0 unspecified atom stereocenters. The van der Waals surface area contributed by atoms with Gasteiger partial charge in [-0.1, -0.05) is 6.07 Å². The number of fused-ring (bicyclic) bond motifs is 1. The molecule has 0 amide bonds. The summed E-state index contributed by atoms with van der Waals surface area (Å²) in [5.74, 6) is 0.813. The number of hydrogen-bond donors (Lipinski definition) is 0. The predicted molar refractivity (Wildman–Crippen MR) is 75.2 cm³/mol. The third-order valence-corrected chi connectivity index (χ3v) is 3.25. The van der Waals surface area contributed by atoms with Gasteiger partial charge in [0, 0.05) is 23.2 Å². The molecule has 0 saturated carbocycles. The van der Waals surface area contributed by atoms with E-state index in [-0.39, 0.29) is 5.78 Å². The van der Waals surface area contributed by atoms with Crippen LogP contribution in [0.2, 0.25) is 0 Å². The Morgan fingerprint density at radius 3 is 2.80 bits per heavy atom. The van der Waals surface area contributed by atoms with Crippen molar-refractivity contribution in [2.24, 2.45) is 0 Å². The summed E-state index contributed by atoms with van der Waals surface area (Å²) >= 11 is 0. The fraction of sp³-hybridized carbons (Fsp3) is 0.125. The van der Waals surface area contributed by atoms with E-state index in [0.717, 1.165) is 10.9 Å². The Morgan fingerprint density at radius 1 is 1.25 bits per heavy atom. The second-order valence-electron chi connectivity index (χ2n) is 4.46. The minimum absolute atomic E-state index is 0.210. The fourth-order valence-corrected chi connectivity index (χ4v) is 2.16. The van der Waals surface area contributed by atoms with Crippen molar-refractivity contribution in [3.63, 3.8) is 0 Å². The number of benzene rings is 1. The molecule has 2 aromatic heterocycles. The summed E-state index contributed by atoms with van der Waals surface area (Å²) in [6.45, 7) is 1.87. The summed E-state index contributed by atoms with van der Waals surface area (Å²) in [6.07, 6.45) is 1.59. The van der Waals surface area contributed by atoms with Gasteiger partial charge in [0.2, 0.25) is 5.78 Å². The number of ketones is 1. The molecule has 20 heavy (non-hydrogen) atoms. The van der Waals surface area contributed by atoms with Crippen LogP contribution in [-0.4, -0.2) is 17.9 Å². The van der Waals surface area contributed by atoms with Crippen LogP contribution in [0, 0.1) is 6.92 Å². The van der Waals surface area contributed by atoms with Crippen LogP contribution in [0.25, 0.3) is 11.0 Å². The minimum Gasteiger partial charge on any atom is -0.497 e. The van der Waals surface area contributed by atoms with Gasteiger partial charge < -0.3 is 9.15 Å². The highest BCUT2D eigenvalue weighted by Crippen LogP contribution is 2.29. The van der Waals surface area contributed by atoms with Crippen LogP contribution in [0.15, 0.2) is 47.0 Å². The molecule has 0 atom stereocenters. The molecule has 0 saturated heterocycles. The molecule has 0 aliphatic rings. The Balaban J connectivity index is 2.12. The normalized spacial score (nSPS) is 10.7. The highest BCUT2D eigenvalue weighted by molar-refractivity contribution is 6.09. The first-order valence-electron chi connectivity index (χ1n) is 6.23. The molecule has 3 aromatic rings. The lowest BCUT2D eigenvalue weighted by molar-refractivity contribution is 0.101. The molecule has 0 radical (unpaired) electrons. The van der Waals surface area contributed by atoms with Gasteiger partial charge in [0.25, 0.3) is 0 Å². The highest BCUT2D eigenvalue weighted by Gasteiger charge is 2.20. The molecule has 4 heteroatoms. The van der Waals surface area contributed by atoms with Gasteiger partial charge in [-0.3, -0.25) is 9.78 Å². The molecule has 2 heterocycles. The Morgan fingerprint density at radius 2 is 2.10 bits per heavy atom. The maximum Gasteiger partial charge on any atom is 0.246 e. The number of aryl methyl sites for hydroxylation is 1. The van der Waals surface area contributed by atoms with Crippen LogP contribution in [0.5, 0.6) is 5.75 Å². The van der Waals surface area contributed by atoms with Crippen LogP contribution >= 0.6 is 0 Å². The van der Waals surface area contributed by atoms with Gasteiger partial charge in [-0.15, -0.1) is 0 Å². The van der Waals surface area contributed by atoms with Crippen molar-refractivity contribution in [3.8, 4) is 5.75 Å². The van der Waals surface area contributed by atoms with Gasteiger partial charge >= 0.3 is 0 Å². The van der Waals surface area contributed by atoms with E-state index in [4.69, 9.17) is 9.15 Å². The van der Waals surface area contributed by atoms with Gasteiger partial charge in [0.05, 0.1) is 7.11 Å². The van der Waals surface area contributed by atoms with Crippen molar-refractivity contribution in [3.05, 3.63) is 59.6 Å². The average molecular weight is 267 g/mol. The number of rotatable bonds is 3. The minimum atomic E-state index is -0.210. The number of nitrogens with zero attached hydrogens (tertiary/aromatic N) is 1. The van der Waals surface area contributed by atoms with E-state index in [9.17, 15) is 4.79 Å². The van der Waals surface area contributed by atoms with Crippen molar-refractivity contribution in [1.82, 2.24) is 4.98 Å². The Bertz CT molecular complexity index is 775. The second kappa shape index (κ2) is 4.81. The van der Waals surface area contributed by atoms with E-state index in [1.165, 1.54) is 0 Å². The van der Waals surface area contributed by atoms with E-state index in [1.54, 1.807) is 37.6 Å². The lowest BCUT2D eigenvalue weighted by Gasteiger charge is -1.97. The summed E-state index contributed by atoms with van der Waals surface area (Å²) in [5.41, 5.74) is 1.83. The Kier molecular flexibility index (Phi) is 2.99. The molecular formula is C16H13NO3. The fourth-order valence-electron chi connectivity index (χ4n) is 2.16. The molecule has 0 spiro atoms. The average Bonchev–Trinajstić information content (AvgIpc) is 2.84. The van der Waals surface area contributed by atoms with Crippen LogP contribution in [0.3, 0.4) is 0 Å². The lowest BCUT2D eigenvalue weighted by Crippen LogP contribution is -2.03. The number of carbonyl (C=O) groups is 1. The van der Waals surface area contributed by atoms with Crippen molar-refractivity contribution in [2.75, 3.05) is 7.11 Å². The standard InChI is InChI=1S/C16H13NO3/c1-10-12-7-6-11(19-2)9-14(12)20-16(10)15(18)13-5-3-4-8-17-13/h3-9H,1-2H3. The smallest absolute Gasteiger partial charge is 0.246 e. The molecule has 0 bridgehead atoms. The van der Waals surface area contributed by atoms with E-state index in [1.807, 2.05) is 19.1 Å². The number of furan rings is 1. The lowest BCUT2D eigenvalue weighted by atomic mass is 10.1. The number of aromatic nitrogens is 1. The number of methoxy groups -OCH3 is 1. The first-order valence-corrected chi connectivity index (χ1v) is 6.23. The number of hydrogen-bond acceptors (Lipinski definition) is 4. The van der Waals surface area contributed by atoms with E-state index < -0.39 is 0 Å². The van der Waals surface area contributed by atoms with Gasteiger partial charge in [0.1, 0.15) is 17.0 Å². The molecule has 0 N–H and O–H groups in total. The topological polar surface area (TPSA) is 52.3 Å². The zero-order valence-electron chi connectivity index (χ0n) is 11.2. The summed E-state index contributed by atoms with van der Waals surface area (Å²) in [7, 11) is 1.59. The monoisotopic (exact) mass is 267 g/mol. The van der Waals surface area contributed by atoms with Gasteiger partial charge in [-0.2, -0.15) is 0 Å². The van der Waals surface area contributed by atoms with Crippen molar-refractivity contribution in [1.29, 1.82) is 0 Å². The maximum absolute atomic E-state index is 12.4.